The van der Waals surface area contributed by atoms with Crippen LogP contribution in [0.5, 0.6) is 0 Å². The van der Waals surface area contributed by atoms with Gasteiger partial charge in [0, 0.05) is 0 Å². The van der Waals surface area contributed by atoms with Gasteiger partial charge in [0.2, 0.25) is 5.96 Å². The molecule has 0 atom stereocenters. The van der Waals surface area contributed by atoms with Gasteiger partial charge in [-0.1, -0.05) is 5.16 Å². The predicted molar refractivity (Wildman–Crippen MR) is 32.1 cm³/mol. The first kappa shape index (κ1) is 15.9. The summed E-state index contributed by atoms with van der Waals surface area (Å²) in [6.45, 7) is 0. The lowest BCUT2D eigenvalue weighted by Gasteiger charge is -1.75. The lowest BCUT2D eigenvalue weighted by atomic mass is 11.1. The molecule has 0 unspecified atom stereocenters. The third-order valence-electron chi connectivity index (χ3n) is 0.115. The molecule has 0 radical (unpaired) electrons. The fourth-order valence-electron chi connectivity index (χ4n) is 0. The maximum absolute atomic E-state index is 7.48. The van der Waals surface area contributed by atoms with E-state index in [-0.39, 0.29) is 30.8 Å². The van der Waals surface area contributed by atoms with Crippen LogP contribution >= 0.6 is 24.8 Å². The van der Waals surface area contributed by atoms with Crippen LogP contribution in [0.1, 0.15) is 0 Å². The van der Waals surface area contributed by atoms with Crippen molar-refractivity contribution in [3.63, 3.8) is 0 Å². The van der Waals surface area contributed by atoms with Gasteiger partial charge in [-0.05, 0) is 0 Å². The van der Waals surface area contributed by atoms with Crippen molar-refractivity contribution >= 4 is 30.8 Å². The van der Waals surface area contributed by atoms with Crippen LogP contribution in [-0.2, 0) is 0 Å². The molecule has 0 heterocycles. The van der Waals surface area contributed by atoms with Crippen molar-refractivity contribution < 1.29 is 5.21 Å². The molecule has 0 aliphatic carbocycles. The smallest absolute Gasteiger partial charge is 0.228 e. The Balaban J connectivity index is -0.0000000800. The van der Waals surface area contributed by atoms with Crippen LogP contribution in [0, 0.1) is 0 Å². The third-order valence-corrected chi connectivity index (χ3v) is 0.115. The van der Waals surface area contributed by atoms with Crippen LogP contribution in [0.4, 0.5) is 0 Å². The minimum Gasteiger partial charge on any atom is -0.408 e. The summed E-state index contributed by atoms with van der Waals surface area (Å²) in [5, 5.41) is 9.84. The van der Waals surface area contributed by atoms with E-state index in [1.807, 2.05) is 0 Å². The maximum Gasteiger partial charge on any atom is 0.228 e. The van der Waals surface area contributed by atoms with E-state index in [4.69, 9.17) is 5.21 Å². The van der Waals surface area contributed by atoms with Crippen molar-refractivity contribution in [2.75, 3.05) is 0 Å². The molecule has 0 fully saturated rings. The Morgan fingerprint density at radius 1 is 1.29 bits per heavy atom. The molecule has 46 valence electrons. The number of nitrogens with two attached hydrogens (primary N) is 2. The Labute approximate surface area is 53.4 Å². The summed E-state index contributed by atoms with van der Waals surface area (Å²) in [6.07, 6.45) is 0. The van der Waals surface area contributed by atoms with Crippen molar-refractivity contribution in [2.45, 2.75) is 0 Å². The monoisotopic (exact) mass is 147 g/mol. The largest absolute Gasteiger partial charge is 0.408 e. The first-order chi connectivity index (χ1) is 2.27. The first-order valence-electron chi connectivity index (χ1n) is 1.00. The van der Waals surface area contributed by atoms with Crippen LogP contribution in [0.2, 0.25) is 0 Å². The molecular formula is CH7Cl2N3O. The van der Waals surface area contributed by atoms with Gasteiger partial charge < -0.3 is 16.7 Å². The molecule has 4 nitrogen and oxygen atoms in total. The van der Waals surface area contributed by atoms with Gasteiger partial charge in [-0.25, -0.2) is 0 Å². The lowest BCUT2D eigenvalue weighted by Crippen LogP contribution is -2.21. The van der Waals surface area contributed by atoms with Crippen LogP contribution in [0.15, 0.2) is 5.16 Å². The van der Waals surface area contributed by atoms with E-state index < -0.39 is 0 Å². The number of hydrogen-bond acceptors (Lipinski definition) is 2. The fraction of sp³-hybridized carbons (Fsp3) is 0. The average Bonchev–Trinajstić information content (AvgIpc) is 1.38. The van der Waals surface area contributed by atoms with Gasteiger partial charge in [-0.15, -0.1) is 24.8 Å². The summed E-state index contributed by atoms with van der Waals surface area (Å²) in [5.74, 6) is -0.315. The minimum absolute atomic E-state index is 0. The molecule has 0 aromatic heterocycles. The van der Waals surface area contributed by atoms with E-state index in [9.17, 15) is 0 Å². The average molecular weight is 148 g/mol. The van der Waals surface area contributed by atoms with Gasteiger partial charge in [0.15, 0.2) is 0 Å². The lowest BCUT2D eigenvalue weighted by molar-refractivity contribution is 0.317. The Hall–Kier alpha value is -0.350. The molecule has 0 aliphatic rings. The van der Waals surface area contributed by atoms with Crippen LogP contribution in [0.25, 0.3) is 0 Å². The van der Waals surface area contributed by atoms with Gasteiger partial charge in [-0.3, -0.25) is 0 Å². The number of guanidine groups is 1. The molecule has 0 saturated heterocycles. The number of hydrogen-bond donors (Lipinski definition) is 3. The third kappa shape index (κ3) is 27.6. The Morgan fingerprint density at radius 3 is 1.43 bits per heavy atom. The number of rotatable bonds is 0. The Bertz CT molecular complexity index is 50.9. The van der Waals surface area contributed by atoms with Gasteiger partial charge in [0.25, 0.3) is 0 Å². The zero-order valence-corrected chi connectivity index (χ0v) is 5.00. The molecule has 0 aromatic rings. The van der Waals surface area contributed by atoms with E-state index >= 15 is 0 Å². The highest BCUT2D eigenvalue weighted by molar-refractivity contribution is 5.85. The van der Waals surface area contributed by atoms with Crippen molar-refractivity contribution in [1.82, 2.24) is 0 Å². The summed E-state index contributed by atoms with van der Waals surface area (Å²) in [7, 11) is 0. The normalized spacial score (nSPS) is 4.57. The van der Waals surface area contributed by atoms with Gasteiger partial charge in [-0.2, -0.15) is 0 Å². The molecule has 6 heteroatoms. The highest BCUT2D eigenvalue weighted by atomic mass is 35.5. The SMILES string of the molecule is Cl.Cl.NC(N)=NO. The van der Waals surface area contributed by atoms with Gasteiger partial charge in [0.1, 0.15) is 0 Å². The summed E-state index contributed by atoms with van der Waals surface area (Å²) < 4.78 is 0. The fourth-order valence-corrected chi connectivity index (χ4v) is 0. The Kier molecular flexibility index (Phi) is 20.9. The second-order valence-corrected chi connectivity index (χ2v) is 0.525. The molecule has 7 heavy (non-hydrogen) atoms. The number of halogens is 2. The van der Waals surface area contributed by atoms with E-state index in [1.165, 1.54) is 0 Å². The minimum atomic E-state index is -0.315. The molecule has 0 amide bonds. The molecule has 0 bridgehead atoms. The summed E-state index contributed by atoms with van der Waals surface area (Å²) in [4.78, 5) is 0. The van der Waals surface area contributed by atoms with Crippen molar-refractivity contribution in [2.24, 2.45) is 16.6 Å². The number of nitrogens with zero attached hydrogens (tertiary/aromatic N) is 1. The zero-order valence-electron chi connectivity index (χ0n) is 3.37. The van der Waals surface area contributed by atoms with E-state index in [2.05, 4.69) is 16.6 Å². The molecule has 5 N–H and O–H groups in total. The number of oxime groups is 1. The zero-order chi connectivity index (χ0) is 4.28. The molecule has 0 aromatic carbocycles. The first-order valence-corrected chi connectivity index (χ1v) is 1.00. The molecule has 0 spiro atoms. The predicted octanol–water partition coefficient (Wildman–Crippen LogP) is -0.507. The highest BCUT2D eigenvalue weighted by Gasteiger charge is 1.64. The summed E-state index contributed by atoms with van der Waals surface area (Å²) in [6, 6.07) is 0. The summed E-state index contributed by atoms with van der Waals surface area (Å²) in [5.41, 5.74) is 9.14. The molecule has 0 aliphatic heterocycles. The molecular weight excluding hydrogens is 141 g/mol. The second-order valence-electron chi connectivity index (χ2n) is 0.525. The standard InChI is InChI=1S/CH5N3O.2ClH/c2-1(3)4-5;;/h5H,(H4,2,3,4);2*1H. The topological polar surface area (TPSA) is 84.6 Å². The van der Waals surface area contributed by atoms with Crippen LogP contribution < -0.4 is 11.5 Å². The van der Waals surface area contributed by atoms with E-state index in [0.717, 1.165) is 0 Å². The van der Waals surface area contributed by atoms with Gasteiger partial charge >= 0.3 is 0 Å². The highest BCUT2D eigenvalue weighted by Crippen LogP contribution is 1.39. The molecule has 0 rings (SSSR count). The van der Waals surface area contributed by atoms with Crippen LogP contribution in [-0.4, -0.2) is 11.2 Å². The maximum atomic E-state index is 7.48. The van der Waals surface area contributed by atoms with E-state index in [1.54, 1.807) is 0 Å². The second kappa shape index (κ2) is 9.17. The van der Waals surface area contributed by atoms with Gasteiger partial charge in [0.05, 0.1) is 0 Å². The van der Waals surface area contributed by atoms with Crippen LogP contribution in [0.3, 0.4) is 0 Å². The quantitative estimate of drug-likeness (QED) is 0.187. The van der Waals surface area contributed by atoms with Crippen molar-refractivity contribution in [3.05, 3.63) is 0 Å². The molecule has 0 saturated carbocycles. The van der Waals surface area contributed by atoms with Crippen molar-refractivity contribution in [3.8, 4) is 0 Å². The summed E-state index contributed by atoms with van der Waals surface area (Å²) >= 11 is 0. The Morgan fingerprint density at radius 2 is 1.43 bits per heavy atom. The van der Waals surface area contributed by atoms with E-state index in [0.29, 0.717) is 0 Å². The van der Waals surface area contributed by atoms with Crippen molar-refractivity contribution in [1.29, 1.82) is 0 Å².